The molecule has 0 unspecified atom stereocenters. The van der Waals surface area contributed by atoms with Crippen molar-refractivity contribution in [3.63, 3.8) is 0 Å². The van der Waals surface area contributed by atoms with Gasteiger partial charge in [0, 0.05) is 35.6 Å². The van der Waals surface area contributed by atoms with E-state index in [2.05, 4.69) is 53.7 Å². The summed E-state index contributed by atoms with van der Waals surface area (Å²) in [6.45, 7) is 4.07. The quantitative estimate of drug-likeness (QED) is 0.610. The van der Waals surface area contributed by atoms with Crippen molar-refractivity contribution >= 4 is 34.3 Å². The maximum Gasteiger partial charge on any atom is 0.338 e. The first-order valence-corrected chi connectivity index (χ1v) is 9.94. The highest BCUT2D eigenvalue weighted by atomic mass is 35.5. The Morgan fingerprint density at radius 3 is 2.71 bits per heavy atom. The van der Waals surface area contributed by atoms with Crippen molar-refractivity contribution in [1.82, 2.24) is 4.90 Å². The van der Waals surface area contributed by atoms with E-state index in [1.165, 1.54) is 17.2 Å². The van der Waals surface area contributed by atoms with Crippen LogP contribution in [0.5, 0.6) is 0 Å². The molecule has 0 bridgehead atoms. The second-order valence-electron chi connectivity index (χ2n) is 7.25. The first-order chi connectivity index (χ1) is 13.6. The predicted octanol–water partition coefficient (Wildman–Crippen LogP) is 5.30. The van der Waals surface area contributed by atoms with Crippen LogP contribution in [-0.4, -0.2) is 24.0 Å². The molecule has 28 heavy (non-hydrogen) atoms. The summed E-state index contributed by atoms with van der Waals surface area (Å²) in [7, 11) is 0. The first-order valence-electron chi connectivity index (χ1n) is 9.56. The summed E-state index contributed by atoms with van der Waals surface area (Å²) in [6.07, 6.45) is 6.37. The van der Waals surface area contributed by atoms with Crippen LogP contribution in [0, 0.1) is 6.92 Å². The van der Waals surface area contributed by atoms with Crippen LogP contribution in [0.4, 0.5) is 5.69 Å². The minimum absolute atomic E-state index is 0.312. The highest BCUT2D eigenvalue weighted by Crippen LogP contribution is 2.27. The van der Waals surface area contributed by atoms with Crippen LogP contribution >= 0.6 is 11.6 Å². The van der Waals surface area contributed by atoms with Gasteiger partial charge in [0.2, 0.25) is 0 Å². The zero-order valence-corrected chi connectivity index (χ0v) is 16.6. The van der Waals surface area contributed by atoms with Gasteiger partial charge in [-0.3, -0.25) is 0 Å². The monoisotopic (exact) mass is 394 g/mol. The summed E-state index contributed by atoms with van der Waals surface area (Å²) < 4.78 is 5.28. The molecule has 1 fully saturated rings. The molecule has 2 heterocycles. The Labute approximate surface area is 169 Å². The number of hydrogen-bond acceptors (Lipinski definition) is 4. The molecule has 2 aromatic carbocycles. The van der Waals surface area contributed by atoms with E-state index < -0.39 is 0 Å². The smallest absolute Gasteiger partial charge is 0.338 e. The van der Waals surface area contributed by atoms with E-state index in [4.69, 9.17) is 16.0 Å². The van der Waals surface area contributed by atoms with Gasteiger partial charge in [-0.05, 0) is 61.4 Å². The molecule has 0 amide bonds. The second kappa shape index (κ2) is 8.11. The molecule has 5 heteroatoms. The lowest BCUT2D eigenvalue weighted by molar-refractivity contribution is 0.295. The van der Waals surface area contributed by atoms with E-state index in [0.29, 0.717) is 16.6 Å². The van der Waals surface area contributed by atoms with Gasteiger partial charge in [0.05, 0.1) is 5.69 Å². The average Bonchev–Trinajstić information content (AvgIpc) is 2.69. The van der Waals surface area contributed by atoms with E-state index in [9.17, 15) is 4.79 Å². The van der Waals surface area contributed by atoms with E-state index in [-0.39, 0.29) is 5.63 Å². The molecule has 3 aromatic rings. The summed E-state index contributed by atoms with van der Waals surface area (Å²) in [6, 6.07) is 15.5. The number of nitrogens with one attached hydrogen (secondary N) is 1. The van der Waals surface area contributed by atoms with Gasteiger partial charge in [-0.15, -0.1) is 0 Å². The molecule has 0 saturated carbocycles. The minimum Gasteiger partial charge on any atom is -0.423 e. The lowest BCUT2D eigenvalue weighted by atomic mass is 10.0. The zero-order valence-electron chi connectivity index (χ0n) is 15.8. The topological polar surface area (TPSA) is 45.5 Å². The predicted molar refractivity (Wildman–Crippen MR) is 116 cm³/mol. The fourth-order valence-corrected chi connectivity index (χ4v) is 3.80. The Kier molecular flexibility index (Phi) is 5.40. The van der Waals surface area contributed by atoms with Crippen LogP contribution in [-0.2, 0) is 0 Å². The molecule has 144 valence electrons. The van der Waals surface area contributed by atoms with Gasteiger partial charge in [0.25, 0.3) is 0 Å². The molecule has 0 radical (unpaired) electrons. The Bertz CT molecular complexity index is 1070. The Morgan fingerprint density at radius 2 is 1.93 bits per heavy atom. The number of rotatable bonds is 4. The minimum atomic E-state index is -0.351. The average molecular weight is 395 g/mol. The molecule has 4 nitrogen and oxygen atoms in total. The third-order valence-corrected chi connectivity index (χ3v) is 5.48. The maximum atomic E-state index is 11.9. The highest BCUT2D eigenvalue weighted by molar-refractivity contribution is 6.31. The number of hydrogen-bond donors (Lipinski definition) is 1. The van der Waals surface area contributed by atoms with Crippen molar-refractivity contribution < 1.29 is 4.42 Å². The Morgan fingerprint density at radius 1 is 1.14 bits per heavy atom. The standard InChI is InChI=1S/C23H23ClN2O2/c1-16-4-2-3-5-17(16)8-11-26-12-9-19(10-13-26)25-21-15-23(27)28-22-7-6-18(24)14-20(21)22/h2-8,11,14-15,19,25H,9-10,12-13H2,1H3/b11-8+. The molecule has 0 aliphatic carbocycles. The third kappa shape index (κ3) is 4.23. The number of fused-ring (bicyclic) bond motifs is 1. The van der Waals surface area contributed by atoms with Crippen LogP contribution in [0.1, 0.15) is 24.0 Å². The van der Waals surface area contributed by atoms with Crippen molar-refractivity contribution in [1.29, 1.82) is 0 Å². The van der Waals surface area contributed by atoms with E-state index in [0.717, 1.165) is 37.0 Å². The number of anilines is 1. The molecule has 1 aliphatic heterocycles. The maximum absolute atomic E-state index is 11.9. The van der Waals surface area contributed by atoms with Crippen LogP contribution in [0.3, 0.4) is 0 Å². The van der Waals surface area contributed by atoms with Gasteiger partial charge < -0.3 is 14.6 Å². The molecule has 1 aliphatic rings. The Balaban J connectivity index is 1.42. The number of likely N-dealkylation sites (tertiary alicyclic amines) is 1. The van der Waals surface area contributed by atoms with Gasteiger partial charge in [-0.25, -0.2) is 4.79 Å². The second-order valence-corrected chi connectivity index (χ2v) is 7.68. The molecule has 1 saturated heterocycles. The van der Waals surface area contributed by atoms with Crippen LogP contribution in [0.2, 0.25) is 5.02 Å². The summed E-state index contributed by atoms with van der Waals surface area (Å²) >= 11 is 6.13. The normalized spacial score (nSPS) is 15.4. The van der Waals surface area contributed by atoms with E-state index >= 15 is 0 Å². The summed E-state index contributed by atoms with van der Waals surface area (Å²) in [5, 5.41) is 4.99. The van der Waals surface area contributed by atoms with E-state index in [1.807, 2.05) is 6.07 Å². The van der Waals surface area contributed by atoms with Crippen LogP contribution < -0.4 is 10.9 Å². The number of piperidine rings is 1. The highest BCUT2D eigenvalue weighted by Gasteiger charge is 2.18. The fourth-order valence-electron chi connectivity index (χ4n) is 3.63. The number of nitrogens with zero attached hydrogens (tertiary/aromatic N) is 1. The molecule has 4 rings (SSSR count). The molecular formula is C23H23ClN2O2. The van der Waals surface area contributed by atoms with Gasteiger partial charge >= 0.3 is 5.63 Å². The summed E-state index contributed by atoms with van der Waals surface area (Å²) in [5.41, 5.74) is 3.53. The third-order valence-electron chi connectivity index (χ3n) is 5.25. The molecule has 0 spiro atoms. The van der Waals surface area contributed by atoms with Crippen molar-refractivity contribution in [3.8, 4) is 0 Å². The lowest BCUT2D eigenvalue weighted by Crippen LogP contribution is -2.36. The van der Waals surface area contributed by atoms with E-state index in [1.54, 1.807) is 12.1 Å². The van der Waals surface area contributed by atoms with Gasteiger partial charge in [0.1, 0.15) is 5.58 Å². The number of benzene rings is 2. The SMILES string of the molecule is Cc1ccccc1/C=C/N1CCC(Nc2cc(=O)oc3ccc(Cl)cc23)CC1. The molecule has 1 N–H and O–H groups in total. The first kappa shape index (κ1) is 18.6. The van der Waals surface area contributed by atoms with Crippen molar-refractivity contribution in [2.75, 3.05) is 18.4 Å². The number of halogens is 1. The number of aryl methyl sites for hydroxylation is 1. The van der Waals surface area contributed by atoms with Gasteiger partial charge in [0.15, 0.2) is 0 Å². The lowest BCUT2D eigenvalue weighted by Gasteiger charge is -2.32. The Hall–Kier alpha value is -2.72. The van der Waals surface area contributed by atoms with Crippen molar-refractivity contribution in [2.45, 2.75) is 25.8 Å². The molecule has 1 aromatic heterocycles. The van der Waals surface area contributed by atoms with Crippen LogP contribution in [0.15, 0.2) is 63.9 Å². The fraction of sp³-hybridized carbons (Fsp3) is 0.261. The summed E-state index contributed by atoms with van der Waals surface area (Å²) in [4.78, 5) is 14.2. The van der Waals surface area contributed by atoms with Gasteiger partial charge in [-0.1, -0.05) is 35.9 Å². The van der Waals surface area contributed by atoms with Crippen molar-refractivity contribution in [2.24, 2.45) is 0 Å². The zero-order chi connectivity index (χ0) is 19.5. The largest absolute Gasteiger partial charge is 0.423 e. The summed E-state index contributed by atoms with van der Waals surface area (Å²) in [5.74, 6) is 0. The van der Waals surface area contributed by atoms with Crippen LogP contribution in [0.25, 0.3) is 17.0 Å². The molecule has 0 atom stereocenters. The molecular weight excluding hydrogens is 372 g/mol. The van der Waals surface area contributed by atoms with Gasteiger partial charge in [-0.2, -0.15) is 0 Å². The van der Waals surface area contributed by atoms with Crippen molar-refractivity contribution in [3.05, 3.63) is 81.3 Å².